The van der Waals surface area contributed by atoms with Crippen LogP contribution in [0.4, 0.5) is 11.4 Å². The summed E-state index contributed by atoms with van der Waals surface area (Å²) >= 11 is 6.14. The summed E-state index contributed by atoms with van der Waals surface area (Å²) in [5.41, 5.74) is 7.25. The van der Waals surface area contributed by atoms with Crippen LogP contribution in [0.5, 0.6) is 0 Å². The van der Waals surface area contributed by atoms with Crippen LogP contribution in [0, 0.1) is 0 Å². The highest BCUT2D eigenvalue weighted by Crippen LogP contribution is 2.27. The van der Waals surface area contributed by atoms with Gasteiger partial charge in [0.1, 0.15) is 0 Å². The van der Waals surface area contributed by atoms with E-state index in [2.05, 4.69) is 11.8 Å². The molecule has 3 N–H and O–H groups in total. The van der Waals surface area contributed by atoms with E-state index in [4.69, 9.17) is 22.4 Å². The minimum atomic E-state index is 0.129. The van der Waals surface area contributed by atoms with Crippen molar-refractivity contribution < 1.29 is 5.11 Å². The van der Waals surface area contributed by atoms with E-state index in [0.717, 1.165) is 25.1 Å². The second kappa shape index (κ2) is 6.61. The van der Waals surface area contributed by atoms with Gasteiger partial charge < -0.3 is 15.7 Å². The Balaban J connectivity index is 2.82. The summed E-state index contributed by atoms with van der Waals surface area (Å²) in [5.74, 6) is 0. The molecular weight excluding hydrogens is 224 g/mol. The van der Waals surface area contributed by atoms with Gasteiger partial charge in [-0.2, -0.15) is 0 Å². The number of hydrogen-bond donors (Lipinski definition) is 2. The third-order valence-corrected chi connectivity index (χ3v) is 2.77. The van der Waals surface area contributed by atoms with E-state index in [1.807, 2.05) is 12.1 Å². The Labute approximate surface area is 102 Å². The van der Waals surface area contributed by atoms with Crippen LogP contribution in [-0.2, 0) is 0 Å². The number of aliphatic hydroxyl groups is 1. The fourth-order valence-electron chi connectivity index (χ4n) is 1.60. The number of hydrogen-bond acceptors (Lipinski definition) is 3. The van der Waals surface area contributed by atoms with Crippen molar-refractivity contribution in [1.82, 2.24) is 0 Å². The topological polar surface area (TPSA) is 49.5 Å². The molecule has 16 heavy (non-hydrogen) atoms. The predicted molar refractivity (Wildman–Crippen MR) is 70.1 cm³/mol. The fourth-order valence-corrected chi connectivity index (χ4v) is 1.91. The number of halogens is 1. The van der Waals surface area contributed by atoms with Gasteiger partial charge in [-0.25, -0.2) is 0 Å². The molecule has 0 spiro atoms. The Kier molecular flexibility index (Phi) is 5.43. The van der Waals surface area contributed by atoms with Crippen LogP contribution in [0.2, 0.25) is 5.02 Å². The Hall–Kier alpha value is -0.930. The van der Waals surface area contributed by atoms with Crippen LogP contribution in [0.1, 0.15) is 19.8 Å². The quantitative estimate of drug-likeness (QED) is 0.754. The average molecular weight is 243 g/mol. The lowest BCUT2D eigenvalue weighted by Crippen LogP contribution is -2.27. The van der Waals surface area contributed by atoms with Crippen molar-refractivity contribution >= 4 is 23.0 Å². The molecular formula is C12H19ClN2O. The Morgan fingerprint density at radius 3 is 2.69 bits per heavy atom. The van der Waals surface area contributed by atoms with Gasteiger partial charge in [-0.3, -0.25) is 0 Å². The third-order valence-electron chi connectivity index (χ3n) is 2.46. The van der Waals surface area contributed by atoms with E-state index in [9.17, 15) is 0 Å². The minimum absolute atomic E-state index is 0.129. The average Bonchev–Trinajstić information content (AvgIpc) is 2.25. The first-order valence-corrected chi connectivity index (χ1v) is 5.97. The van der Waals surface area contributed by atoms with Crippen molar-refractivity contribution in [2.24, 2.45) is 0 Å². The highest BCUT2D eigenvalue weighted by molar-refractivity contribution is 6.33. The van der Waals surface area contributed by atoms with E-state index in [-0.39, 0.29) is 6.61 Å². The summed E-state index contributed by atoms with van der Waals surface area (Å²) in [5, 5.41) is 9.68. The van der Waals surface area contributed by atoms with Crippen LogP contribution in [0.15, 0.2) is 18.2 Å². The SMILES string of the molecule is CCCCN(CCO)c1ccc(N)cc1Cl. The van der Waals surface area contributed by atoms with Crippen LogP contribution in [0.25, 0.3) is 0 Å². The molecule has 3 nitrogen and oxygen atoms in total. The molecule has 1 rings (SSSR count). The zero-order valence-corrected chi connectivity index (χ0v) is 10.4. The second-order valence-corrected chi connectivity index (χ2v) is 4.18. The lowest BCUT2D eigenvalue weighted by Gasteiger charge is -2.25. The van der Waals surface area contributed by atoms with E-state index in [1.54, 1.807) is 6.07 Å². The number of rotatable bonds is 6. The maximum absolute atomic E-state index is 9.03. The van der Waals surface area contributed by atoms with Crippen molar-refractivity contribution in [3.8, 4) is 0 Å². The summed E-state index contributed by atoms with van der Waals surface area (Å²) in [4.78, 5) is 2.09. The van der Waals surface area contributed by atoms with Crippen LogP contribution in [0.3, 0.4) is 0 Å². The summed E-state index contributed by atoms with van der Waals surface area (Å²) < 4.78 is 0. The number of unbranched alkanes of at least 4 members (excludes halogenated alkanes) is 1. The molecule has 1 aromatic rings. The van der Waals surface area contributed by atoms with Gasteiger partial charge in [0.25, 0.3) is 0 Å². The minimum Gasteiger partial charge on any atom is -0.399 e. The Bertz CT molecular complexity index is 331. The highest BCUT2D eigenvalue weighted by atomic mass is 35.5. The number of benzene rings is 1. The summed E-state index contributed by atoms with van der Waals surface area (Å²) in [6, 6.07) is 5.48. The molecule has 0 heterocycles. The molecule has 0 aromatic heterocycles. The van der Waals surface area contributed by atoms with Crippen molar-refractivity contribution in [2.75, 3.05) is 30.3 Å². The number of nitrogens with zero attached hydrogens (tertiary/aromatic N) is 1. The zero-order valence-electron chi connectivity index (χ0n) is 9.62. The van der Waals surface area contributed by atoms with Gasteiger partial charge in [0.05, 0.1) is 17.3 Å². The smallest absolute Gasteiger partial charge is 0.0660 e. The highest BCUT2D eigenvalue weighted by Gasteiger charge is 2.09. The summed E-state index contributed by atoms with van der Waals surface area (Å²) in [7, 11) is 0. The molecule has 0 aliphatic heterocycles. The lowest BCUT2D eigenvalue weighted by molar-refractivity contribution is 0.301. The van der Waals surface area contributed by atoms with Gasteiger partial charge >= 0.3 is 0 Å². The number of nitrogen functional groups attached to an aromatic ring is 1. The van der Waals surface area contributed by atoms with E-state index in [1.165, 1.54) is 0 Å². The molecule has 0 saturated carbocycles. The molecule has 0 atom stereocenters. The standard InChI is InChI=1S/C12H19ClN2O/c1-2-3-6-15(7-8-16)12-5-4-10(14)9-11(12)13/h4-5,9,16H,2-3,6-8,14H2,1H3. The zero-order chi connectivity index (χ0) is 12.0. The molecule has 0 radical (unpaired) electrons. The maximum Gasteiger partial charge on any atom is 0.0660 e. The first-order chi connectivity index (χ1) is 7.69. The second-order valence-electron chi connectivity index (χ2n) is 3.78. The van der Waals surface area contributed by atoms with Crippen molar-refractivity contribution in [1.29, 1.82) is 0 Å². The molecule has 0 fully saturated rings. The number of anilines is 2. The molecule has 0 saturated heterocycles. The van der Waals surface area contributed by atoms with Gasteiger partial charge in [0, 0.05) is 18.8 Å². The van der Waals surface area contributed by atoms with Crippen molar-refractivity contribution in [3.05, 3.63) is 23.2 Å². The predicted octanol–water partition coefficient (Wildman–Crippen LogP) is 2.52. The van der Waals surface area contributed by atoms with Crippen molar-refractivity contribution in [2.45, 2.75) is 19.8 Å². The maximum atomic E-state index is 9.03. The van der Waals surface area contributed by atoms with Gasteiger partial charge in [0.15, 0.2) is 0 Å². The van der Waals surface area contributed by atoms with Gasteiger partial charge in [-0.15, -0.1) is 0 Å². The molecule has 90 valence electrons. The first kappa shape index (κ1) is 13.1. The fraction of sp³-hybridized carbons (Fsp3) is 0.500. The molecule has 0 unspecified atom stereocenters. The molecule has 0 aliphatic rings. The lowest BCUT2D eigenvalue weighted by atomic mass is 10.2. The first-order valence-electron chi connectivity index (χ1n) is 5.60. The van der Waals surface area contributed by atoms with Gasteiger partial charge in [0.2, 0.25) is 0 Å². The van der Waals surface area contributed by atoms with Crippen LogP contribution >= 0.6 is 11.6 Å². The normalized spacial score (nSPS) is 10.4. The molecule has 0 bridgehead atoms. The Morgan fingerprint density at radius 2 is 2.12 bits per heavy atom. The van der Waals surface area contributed by atoms with Crippen LogP contribution in [-0.4, -0.2) is 24.8 Å². The third kappa shape index (κ3) is 3.58. The van der Waals surface area contributed by atoms with Gasteiger partial charge in [-0.05, 0) is 24.6 Å². The van der Waals surface area contributed by atoms with Crippen LogP contribution < -0.4 is 10.6 Å². The Morgan fingerprint density at radius 1 is 1.38 bits per heavy atom. The molecule has 0 aliphatic carbocycles. The van der Waals surface area contributed by atoms with E-state index >= 15 is 0 Å². The monoisotopic (exact) mass is 242 g/mol. The summed E-state index contributed by atoms with van der Waals surface area (Å²) in [6.07, 6.45) is 2.20. The molecule has 0 amide bonds. The number of nitrogens with two attached hydrogens (primary N) is 1. The largest absolute Gasteiger partial charge is 0.399 e. The van der Waals surface area contributed by atoms with Gasteiger partial charge in [-0.1, -0.05) is 24.9 Å². The summed E-state index contributed by atoms with van der Waals surface area (Å²) in [6.45, 7) is 3.77. The van der Waals surface area contributed by atoms with Crippen molar-refractivity contribution in [3.63, 3.8) is 0 Å². The molecule has 4 heteroatoms. The van der Waals surface area contributed by atoms with E-state index < -0.39 is 0 Å². The molecule has 1 aromatic carbocycles. The number of aliphatic hydroxyl groups excluding tert-OH is 1. The van der Waals surface area contributed by atoms with E-state index in [0.29, 0.717) is 17.3 Å².